The SMILES string of the molecule is CCOC(=O)c1cnn2c1NC(c1ccccc1)CC2(C)C. The molecule has 3 rings (SSSR count). The van der Waals surface area contributed by atoms with E-state index in [1.807, 2.05) is 22.9 Å². The largest absolute Gasteiger partial charge is 0.462 e. The minimum absolute atomic E-state index is 0.147. The molecule has 0 fully saturated rings. The first-order chi connectivity index (χ1) is 10.5. The minimum Gasteiger partial charge on any atom is -0.462 e. The topological polar surface area (TPSA) is 56.1 Å². The number of carbonyl (C=O) groups excluding carboxylic acids is 1. The Kier molecular flexibility index (Phi) is 3.64. The fourth-order valence-corrected chi connectivity index (χ4v) is 2.99. The molecule has 1 atom stereocenters. The summed E-state index contributed by atoms with van der Waals surface area (Å²) in [5, 5.41) is 7.85. The highest BCUT2D eigenvalue weighted by molar-refractivity contribution is 5.94. The first-order valence-corrected chi connectivity index (χ1v) is 7.60. The van der Waals surface area contributed by atoms with Gasteiger partial charge in [-0.25, -0.2) is 9.48 Å². The highest BCUT2D eigenvalue weighted by atomic mass is 16.5. The number of carbonyl (C=O) groups is 1. The molecule has 5 nitrogen and oxygen atoms in total. The van der Waals surface area contributed by atoms with Crippen molar-refractivity contribution in [3.8, 4) is 0 Å². The predicted octanol–water partition coefficient (Wildman–Crippen LogP) is 3.35. The molecule has 0 spiro atoms. The number of benzene rings is 1. The second-order valence-electron chi connectivity index (χ2n) is 6.16. The van der Waals surface area contributed by atoms with E-state index in [2.05, 4.69) is 36.4 Å². The summed E-state index contributed by atoms with van der Waals surface area (Å²) in [6.45, 7) is 6.43. The molecular formula is C17H21N3O2. The van der Waals surface area contributed by atoms with E-state index >= 15 is 0 Å². The molecule has 1 aliphatic heterocycles. The Hall–Kier alpha value is -2.30. The van der Waals surface area contributed by atoms with E-state index in [0.717, 1.165) is 12.2 Å². The van der Waals surface area contributed by atoms with Crippen LogP contribution in [0.25, 0.3) is 0 Å². The van der Waals surface area contributed by atoms with E-state index in [1.165, 1.54) is 5.56 Å². The van der Waals surface area contributed by atoms with Crippen molar-refractivity contribution in [1.82, 2.24) is 9.78 Å². The van der Waals surface area contributed by atoms with Crippen molar-refractivity contribution in [1.29, 1.82) is 0 Å². The standard InChI is InChI=1S/C17H21N3O2/c1-4-22-16(21)13-11-18-20-15(13)19-14(10-17(20,2)3)12-8-6-5-7-9-12/h5-9,11,14,19H,4,10H2,1-3H3. The molecule has 22 heavy (non-hydrogen) atoms. The Labute approximate surface area is 130 Å². The molecule has 0 amide bonds. The molecule has 0 aliphatic carbocycles. The van der Waals surface area contributed by atoms with Gasteiger partial charge in [-0.05, 0) is 32.8 Å². The zero-order valence-electron chi connectivity index (χ0n) is 13.2. The van der Waals surface area contributed by atoms with Gasteiger partial charge in [0.15, 0.2) is 0 Å². The lowest BCUT2D eigenvalue weighted by Crippen LogP contribution is -2.38. The third-order valence-electron chi connectivity index (χ3n) is 4.05. The van der Waals surface area contributed by atoms with E-state index in [1.54, 1.807) is 13.1 Å². The number of hydrogen-bond acceptors (Lipinski definition) is 4. The predicted molar refractivity (Wildman–Crippen MR) is 84.9 cm³/mol. The molecule has 0 saturated carbocycles. The van der Waals surface area contributed by atoms with Crippen molar-refractivity contribution in [2.75, 3.05) is 11.9 Å². The number of nitrogens with zero attached hydrogens (tertiary/aromatic N) is 2. The van der Waals surface area contributed by atoms with Crippen LogP contribution >= 0.6 is 0 Å². The zero-order chi connectivity index (χ0) is 15.7. The van der Waals surface area contributed by atoms with Crippen molar-refractivity contribution < 1.29 is 9.53 Å². The van der Waals surface area contributed by atoms with Gasteiger partial charge < -0.3 is 10.1 Å². The molecule has 2 heterocycles. The maximum atomic E-state index is 12.1. The van der Waals surface area contributed by atoms with E-state index < -0.39 is 0 Å². The number of anilines is 1. The summed E-state index contributed by atoms with van der Waals surface area (Å²) in [4.78, 5) is 12.1. The molecule has 0 radical (unpaired) electrons. The van der Waals surface area contributed by atoms with Crippen LogP contribution in [-0.4, -0.2) is 22.4 Å². The van der Waals surface area contributed by atoms with Crippen LogP contribution < -0.4 is 5.32 Å². The van der Waals surface area contributed by atoms with Gasteiger partial charge >= 0.3 is 5.97 Å². The normalized spacial score (nSPS) is 19.1. The number of ether oxygens (including phenoxy) is 1. The summed E-state index contributed by atoms with van der Waals surface area (Å²) in [6, 6.07) is 10.4. The van der Waals surface area contributed by atoms with Crippen LogP contribution in [0.15, 0.2) is 36.5 Å². The highest BCUT2D eigenvalue weighted by Crippen LogP contribution is 2.39. The summed E-state index contributed by atoms with van der Waals surface area (Å²) in [6.07, 6.45) is 2.49. The van der Waals surface area contributed by atoms with Crippen molar-refractivity contribution in [2.45, 2.75) is 38.8 Å². The van der Waals surface area contributed by atoms with E-state index in [-0.39, 0.29) is 17.6 Å². The monoisotopic (exact) mass is 299 g/mol. The van der Waals surface area contributed by atoms with Crippen LogP contribution in [0.2, 0.25) is 0 Å². The maximum absolute atomic E-state index is 12.1. The quantitative estimate of drug-likeness (QED) is 0.883. The number of rotatable bonds is 3. The number of esters is 1. The van der Waals surface area contributed by atoms with Crippen LogP contribution in [-0.2, 0) is 10.3 Å². The molecule has 1 N–H and O–H groups in total. The van der Waals surface area contributed by atoms with Crippen LogP contribution in [0.3, 0.4) is 0 Å². The lowest BCUT2D eigenvalue weighted by atomic mass is 9.89. The first-order valence-electron chi connectivity index (χ1n) is 7.60. The molecule has 1 aromatic heterocycles. The smallest absolute Gasteiger partial charge is 0.343 e. The Bertz CT molecular complexity index is 676. The molecule has 0 saturated heterocycles. The summed E-state index contributed by atoms with van der Waals surface area (Å²) in [7, 11) is 0. The highest BCUT2D eigenvalue weighted by Gasteiger charge is 2.36. The second kappa shape index (κ2) is 5.48. The van der Waals surface area contributed by atoms with Gasteiger partial charge in [0.1, 0.15) is 11.4 Å². The Morgan fingerprint density at radius 2 is 2.14 bits per heavy atom. The Balaban J connectivity index is 1.99. The van der Waals surface area contributed by atoms with E-state index in [4.69, 9.17) is 4.74 Å². The fourth-order valence-electron chi connectivity index (χ4n) is 2.99. The molecular weight excluding hydrogens is 278 g/mol. The zero-order valence-corrected chi connectivity index (χ0v) is 13.2. The van der Waals surface area contributed by atoms with Crippen molar-refractivity contribution in [2.24, 2.45) is 0 Å². The molecule has 5 heteroatoms. The molecule has 1 unspecified atom stereocenters. The van der Waals surface area contributed by atoms with E-state index in [0.29, 0.717) is 12.2 Å². The summed E-state index contributed by atoms with van der Waals surface area (Å²) >= 11 is 0. The molecule has 2 aromatic rings. The van der Waals surface area contributed by atoms with Gasteiger partial charge in [0.25, 0.3) is 0 Å². The Morgan fingerprint density at radius 3 is 2.82 bits per heavy atom. The average Bonchev–Trinajstić information content (AvgIpc) is 2.93. The summed E-state index contributed by atoms with van der Waals surface area (Å²) < 4.78 is 7.02. The van der Waals surface area contributed by atoms with Gasteiger partial charge in [-0.1, -0.05) is 30.3 Å². The van der Waals surface area contributed by atoms with Crippen molar-refractivity contribution in [3.63, 3.8) is 0 Å². The number of nitrogens with one attached hydrogen (secondary N) is 1. The second-order valence-corrected chi connectivity index (χ2v) is 6.16. The third-order valence-corrected chi connectivity index (χ3v) is 4.05. The van der Waals surface area contributed by atoms with Crippen molar-refractivity contribution >= 4 is 11.8 Å². The van der Waals surface area contributed by atoms with Gasteiger partial charge in [-0.15, -0.1) is 0 Å². The maximum Gasteiger partial charge on any atom is 0.343 e. The van der Waals surface area contributed by atoms with Crippen LogP contribution in [0.4, 0.5) is 5.82 Å². The lowest BCUT2D eigenvalue weighted by molar-refractivity contribution is 0.0527. The number of aromatic nitrogens is 2. The van der Waals surface area contributed by atoms with Gasteiger partial charge in [-0.3, -0.25) is 0 Å². The van der Waals surface area contributed by atoms with Crippen LogP contribution in [0.1, 0.15) is 49.2 Å². The lowest BCUT2D eigenvalue weighted by Gasteiger charge is -2.38. The van der Waals surface area contributed by atoms with E-state index in [9.17, 15) is 4.79 Å². The molecule has 116 valence electrons. The van der Waals surface area contributed by atoms with Gasteiger partial charge in [0.2, 0.25) is 0 Å². The molecule has 1 aliphatic rings. The van der Waals surface area contributed by atoms with Crippen molar-refractivity contribution in [3.05, 3.63) is 47.7 Å². The summed E-state index contributed by atoms with van der Waals surface area (Å²) in [5.74, 6) is 0.407. The van der Waals surface area contributed by atoms with Crippen LogP contribution in [0, 0.1) is 0 Å². The van der Waals surface area contributed by atoms with Crippen LogP contribution in [0.5, 0.6) is 0 Å². The van der Waals surface area contributed by atoms with Gasteiger partial charge in [0.05, 0.1) is 24.4 Å². The molecule has 1 aromatic carbocycles. The fraction of sp³-hybridized carbons (Fsp3) is 0.412. The first kappa shape index (κ1) is 14.6. The van der Waals surface area contributed by atoms with Gasteiger partial charge in [0, 0.05) is 0 Å². The average molecular weight is 299 g/mol. The number of fused-ring (bicyclic) bond motifs is 1. The number of hydrogen-bond donors (Lipinski definition) is 1. The third kappa shape index (κ3) is 2.47. The van der Waals surface area contributed by atoms with Gasteiger partial charge in [-0.2, -0.15) is 5.10 Å². The Morgan fingerprint density at radius 1 is 1.41 bits per heavy atom. The summed E-state index contributed by atoms with van der Waals surface area (Å²) in [5.41, 5.74) is 1.53. The minimum atomic E-state index is -0.333. The molecule has 0 bridgehead atoms.